The van der Waals surface area contributed by atoms with Crippen LogP contribution in [0.15, 0.2) is 18.3 Å². The van der Waals surface area contributed by atoms with Crippen LogP contribution in [0.4, 0.5) is 0 Å². The first-order valence-electron chi connectivity index (χ1n) is 4.95. The number of rotatable bonds is 2. The number of carbonyl (C=O) groups is 3. The number of aldehydes is 1. The van der Waals surface area contributed by atoms with E-state index in [9.17, 15) is 14.4 Å². The van der Waals surface area contributed by atoms with Gasteiger partial charge in [0.1, 0.15) is 5.69 Å². The van der Waals surface area contributed by atoms with Crippen LogP contribution in [0.5, 0.6) is 0 Å². The van der Waals surface area contributed by atoms with E-state index in [1.165, 1.54) is 6.20 Å². The highest BCUT2D eigenvalue weighted by atomic mass is 16.2. The summed E-state index contributed by atoms with van der Waals surface area (Å²) in [7, 11) is 0. The van der Waals surface area contributed by atoms with Gasteiger partial charge in [-0.15, -0.1) is 0 Å². The van der Waals surface area contributed by atoms with Crippen LogP contribution in [0.3, 0.4) is 0 Å². The molecule has 2 heterocycles. The van der Waals surface area contributed by atoms with Crippen molar-refractivity contribution in [3.63, 3.8) is 0 Å². The van der Waals surface area contributed by atoms with Gasteiger partial charge in [0.05, 0.1) is 5.92 Å². The quantitative estimate of drug-likeness (QED) is 0.576. The molecule has 1 aliphatic rings. The molecular weight excluding hydrogens is 208 g/mol. The molecule has 0 aromatic carbocycles. The first kappa shape index (κ1) is 10.5. The average molecular weight is 218 g/mol. The van der Waals surface area contributed by atoms with Crippen molar-refractivity contribution in [3.05, 3.63) is 29.6 Å². The molecule has 1 aromatic heterocycles. The van der Waals surface area contributed by atoms with Crippen LogP contribution in [-0.2, 0) is 9.59 Å². The van der Waals surface area contributed by atoms with Crippen LogP contribution in [0, 0.1) is 0 Å². The average Bonchev–Trinajstić information content (AvgIpc) is 2.29. The van der Waals surface area contributed by atoms with Gasteiger partial charge in [-0.3, -0.25) is 24.7 Å². The number of hydrogen-bond acceptors (Lipinski definition) is 4. The van der Waals surface area contributed by atoms with Crippen LogP contribution < -0.4 is 5.32 Å². The van der Waals surface area contributed by atoms with Gasteiger partial charge in [-0.1, -0.05) is 0 Å². The lowest BCUT2D eigenvalue weighted by atomic mass is 9.91. The molecule has 1 fully saturated rings. The SMILES string of the molecule is O=Cc1cc(C2CCC(=O)NC2=O)ccn1. The van der Waals surface area contributed by atoms with Crippen LogP contribution in [0.2, 0.25) is 0 Å². The zero-order chi connectivity index (χ0) is 11.5. The molecule has 1 atom stereocenters. The Hall–Kier alpha value is -2.04. The predicted octanol–water partition coefficient (Wildman–Crippen LogP) is 0.414. The molecule has 2 rings (SSSR count). The van der Waals surface area contributed by atoms with Gasteiger partial charge in [-0.25, -0.2) is 0 Å². The molecule has 1 N–H and O–H groups in total. The molecule has 82 valence electrons. The summed E-state index contributed by atoms with van der Waals surface area (Å²) in [4.78, 5) is 36.9. The van der Waals surface area contributed by atoms with Crippen molar-refractivity contribution in [2.45, 2.75) is 18.8 Å². The molecule has 0 bridgehead atoms. The minimum absolute atomic E-state index is 0.245. The molecule has 0 radical (unpaired) electrons. The number of nitrogens with one attached hydrogen (secondary N) is 1. The molecule has 2 amide bonds. The predicted molar refractivity (Wildman–Crippen MR) is 54.7 cm³/mol. The minimum Gasteiger partial charge on any atom is -0.296 e. The van der Waals surface area contributed by atoms with E-state index in [1.807, 2.05) is 0 Å². The lowest BCUT2D eigenvalue weighted by Gasteiger charge is -2.20. The van der Waals surface area contributed by atoms with Crippen molar-refractivity contribution in [3.8, 4) is 0 Å². The summed E-state index contributed by atoms with van der Waals surface area (Å²) in [6.45, 7) is 0. The van der Waals surface area contributed by atoms with Crippen LogP contribution in [0.1, 0.15) is 34.8 Å². The largest absolute Gasteiger partial charge is 0.296 e. The number of nitrogens with zero attached hydrogens (tertiary/aromatic N) is 1. The second-order valence-corrected chi connectivity index (χ2v) is 3.64. The second kappa shape index (κ2) is 4.22. The number of carbonyl (C=O) groups excluding carboxylic acids is 3. The third-order valence-corrected chi connectivity index (χ3v) is 2.57. The normalized spacial score (nSPS) is 20.4. The van der Waals surface area contributed by atoms with Gasteiger partial charge >= 0.3 is 0 Å². The Bertz CT molecular complexity index is 456. The molecule has 0 saturated carbocycles. The summed E-state index contributed by atoms with van der Waals surface area (Å²) in [5.41, 5.74) is 1.02. The maximum Gasteiger partial charge on any atom is 0.234 e. The fourth-order valence-electron chi connectivity index (χ4n) is 1.76. The number of piperidine rings is 1. The third kappa shape index (κ3) is 1.98. The molecule has 5 nitrogen and oxygen atoms in total. The van der Waals surface area contributed by atoms with Gasteiger partial charge in [0.15, 0.2) is 6.29 Å². The lowest BCUT2D eigenvalue weighted by molar-refractivity contribution is -0.134. The zero-order valence-electron chi connectivity index (χ0n) is 8.47. The molecule has 1 unspecified atom stereocenters. The van der Waals surface area contributed by atoms with Gasteiger partial charge in [-0.2, -0.15) is 0 Å². The molecule has 1 aliphatic heterocycles. The topological polar surface area (TPSA) is 76.1 Å². The smallest absolute Gasteiger partial charge is 0.234 e. The van der Waals surface area contributed by atoms with Crippen LogP contribution in [0.25, 0.3) is 0 Å². The highest BCUT2D eigenvalue weighted by molar-refractivity contribution is 6.01. The van der Waals surface area contributed by atoms with Crippen molar-refractivity contribution >= 4 is 18.1 Å². The Labute approximate surface area is 91.9 Å². The van der Waals surface area contributed by atoms with Crippen LogP contribution >= 0.6 is 0 Å². The summed E-state index contributed by atoms with van der Waals surface area (Å²) in [5.74, 6) is -0.912. The van der Waals surface area contributed by atoms with Crippen molar-refractivity contribution in [1.29, 1.82) is 0 Å². The Morgan fingerprint density at radius 2 is 2.25 bits per heavy atom. The molecule has 5 heteroatoms. The van der Waals surface area contributed by atoms with E-state index in [1.54, 1.807) is 12.1 Å². The molecule has 0 spiro atoms. The van der Waals surface area contributed by atoms with Gasteiger partial charge in [0.25, 0.3) is 0 Å². The van der Waals surface area contributed by atoms with Gasteiger partial charge in [0, 0.05) is 12.6 Å². The highest BCUT2D eigenvalue weighted by Crippen LogP contribution is 2.24. The molecular formula is C11H10N2O3. The summed E-state index contributed by atoms with van der Waals surface area (Å²) in [6.07, 6.45) is 2.93. The minimum atomic E-state index is -0.362. The van der Waals surface area contributed by atoms with Crippen molar-refractivity contribution < 1.29 is 14.4 Å². The zero-order valence-corrected chi connectivity index (χ0v) is 8.47. The van der Waals surface area contributed by atoms with E-state index < -0.39 is 0 Å². The Kier molecular flexibility index (Phi) is 2.76. The van der Waals surface area contributed by atoms with E-state index in [4.69, 9.17) is 0 Å². The molecule has 1 saturated heterocycles. The monoisotopic (exact) mass is 218 g/mol. The number of imide groups is 1. The Morgan fingerprint density at radius 1 is 1.44 bits per heavy atom. The van der Waals surface area contributed by atoms with Crippen molar-refractivity contribution in [2.75, 3.05) is 0 Å². The number of pyridine rings is 1. The maximum absolute atomic E-state index is 11.6. The second-order valence-electron chi connectivity index (χ2n) is 3.64. The van der Waals surface area contributed by atoms with Gasteiger partial charge < -0.3 is 0 Å². The first-order chi connectivity index (χ1) is 7.70. The fourth-order valence-corrected chi connectivity index (χ4v) is 1.76. The van der Waals surface area contributed by atoms with E-state index in [0.717, 1.165) is 5.56 Å². The molecule has 16 heavy (non-hydrogen) atoms. The van der Waals surface area contributed by atoms with E-state index in [0.29, 0.717) is 24.8 Å². The van der Waals surface area contributed by atoms with Gasteiger partial charge in [0.2, 0.25) is 11.8 Å². The van der Waals surface area contributed by atoms with Crippen molar-refractivity contribution in [1.82, 2.24) is 10.3 Å². The van der Waals surface area contributed by atoms with Crippen molar-refractivity contribution in [2.24, 2.45) is 0 Å². The van der Waals surface area contributed by atoms with Gasteiger partial charge in [-0.05, 0) is 24.1 Å². The summed E-state index contributed by atoms with van der Waals surface area (Å²) in [5, 5.41) is 2.28. The van der Waals surface area contributed by atoms with E-state index >= 15 is 0 Å². The van der Waals surface area contributed by atoms with E-state index in [-0.39, 0.29) is 17.7 Å². The first-order valence-corrected chi connectivity index (χ1v) is 4.95. The number of amides is 2. The standard InChI is InChI=1S/C11H10N2O3/c14-6-8-5-7(3-4-12-8)9-1-2-10(15)13-11(9)16/h3-6,9H,1-2H2,(H,13,15,16). The Morgan fingerprint density at radius 3 is 2.94 bits per heavy atom. The Balaban J connectivity index is 2.26. The number of aromatic nitrogens is 1. The molecule has 0 aliphatic carbocycles. The third-order valence-electron chi connectivity index (χ3n) is 2.57. The fraction of sp³-hybridized carbons (Fsp3) is 0.273. The summed E-state index contributed by atoms with van der Waals surface area (Å²) >= 11 is 0. The maximum atomic E-state index is 11.6. The van der Waals surface area contributed by atoms with E-state index in [2.05, 4.69) is 10.3 Å². The molecule has 1 aromatic rings. The van der Waals surface area contributed by atoms with Crippen LogP contribution in [-0.4, -0.2) is 23.1 Å². The summed E-state index contributed by atoms with van der Waals surface area (Å²) < 4.78 is 0. The lowest BCUT2D eigenvalue weighted by Crippen LogP contribution is -2.39. The highest BCUT2D eigenvalue weighted by Gasteiger charge is 2.27. The number of hydrogen-bond donors (Lipinski definition) is 1. The summed E-state index contributed by atoms with van der Waals surface area (Å²) in [6, 6.07) is 3.26.